The van der Waals surface area contributed by atoms with Crippen molar-refractivity contribution >= 4 is 16.8 Å². The van der Waals surface area contributed by atoms with E-state index in [2.05, 4.69) is 20.2 Å². The maximum absolute atomic E-state index is 15.3. The molecule has 1 amide bonds. The Morgan fingerprint density at radius 1 is 1.19 bits per heavy atom. The van der Waals surface area contributed by atoms with Crippen molar-refractivity contribution in [3.05, 3.63) is 46.8 Å². The predicted molar refractivity (Wildman–Crippen MR) is 122 cm³/mol. The van der Waals surface area contributed by atoms with Gasteiger partial charge >= 0.3 is 12.1 Å². The standard InChI is InChI=1S/C23H23F4N7O2/c1-10(2)12-8-17(18-11(3)30-31-19(18)23(25,26)27)28-16-9-15(24)14(7-13(12)16)20-29-21(33(4)32-20)22(35)34(5)36-6/h7-10H,1-6H3,(H,30,31). The van der Waals surface area contributed by atoms with Crippen molar-refractivity contribution in [3.8, 4) is 22.6 Å². The second kappa shape index (κ2) is 8.97. The normalized spacial score (nSPS) is 12.1. The second-order valence-electron chi connectivity index (χ2n) is 8.53. The van der Waals surface area contributed by atoms with Crippen LogP contribution in [0.25, 0.3) is 33.5 Å². The van der Waals surface area contributed by atoms with Crippen LogP contribution in [-0.4, -0.2) is 55.1 Å². The van der Waals surface area contributed by atoms with E-state index in [-0.39, 0.29) is 45.6 Å². The van der Waals surface area contributed by atoms with Crippen LogP contribution < -0.4 is 0 Å². The number of hydrogen-bond acceptors (Lipinski definition) is 6. The molecule has 0 aliphatic rings. The lowest BCUT2D eigenvalue weighted by molar-refractivity contribution is -0.140. The van der Waals surface area contributed by atoms with Gasteiger partial charge in [0.15, 0.2) is 5.82 Å². The summed E-state index contributed by atoms with van der Waals surface area (Å²) < 4.78 is 57.2. The van der Waals surface area contributed by atoms with Crippen LogP contribution in [0, 0.1) is 12.7 Å². The van der Waals surface area contributed by atoms with E-state index in [9.17, 15) is 18.0 Å². The monoisotopic (exact) mass is 505 g/mol. The molecule has 0 atom stereocenters. The van der Waals surface area contributed by atoms with Gasteiger partial charge in [-0.05, 0) is 30.5 Å². The first-order chi connectivity index (χ1) is 16.8. The van der Waals surface area contributed by atoms with Crippen molar-refractivity contribution in [2.75, 3.05) is 14.2 Å². The summed E-state index contributed by atoms with van der Waals surface area (Å²) in [7, 11) is 4.21. The van der Waals surface area contributed by atoms with Crippen LogP contribution in [0.4, 0.5) is 17.6 Å². The number of amides is 1. The number of hydroxylamine groups is 2. The van der Waals surface area contributed by atoms with E-state index in [0.29, 0.717) is 10.9 Å². The molecule has 190 valence electrons. The number of aromatic nitrogens is 6. The summed E-state index contributed by atoms with van der Waals surface area (Å²) >= 11 is 0. The van der Waals surface area contributed by atoms with Crippen molar-refractivity contribution in [1.82, 2.24) is 35.0 Å². The number of H-pyrrole nitrogens is 1. The zero-order chi connectivity index (χ0) is 26.5. The summed E-state index contributed by atoms with van der Waals surface area (Å²) in [5.41, 5.74) is -0.222. The highest BCUT2D eigenvalue weighted by molar-refractivity contribution is 5.92. The number of nitrogens with zero attached hydrogens (tertiary/aromatic N) is 6. The van der Waals surface area contributed by atoms with Gasteiger partial charge < -0.3 is 0 Å². The quantitative estimate of drug-likeness (QED) is 0.313. The van der Waals surface area contributed by atoms with Gasteiger partial charge in [-0.2, -0.15) is 23.4 Å². The molecule has 3 heterocycles. The summed E-state index contributed by atoms with van der Waals surface area (Å²) in [6.07, 6.45) is -4.67. The lowest BCUT2D eigenvalue weighted by Crippen LogP contribution is -2.28. The highest BCUT2D eigenvalue weighted by Gasteiger charge is 2.37. The number of aromatic amines is 1. The van der Waals surface area contributed by atoms with Gasteiger partial charge in [-0.15, -0.1) is 0 Å². The average molecular weight is 505 g/mol. The molecule has 3 aromatic heterocycles. The Balaban J connectivity index is 1.91. The van der Waals surface area contributed by atoms with Crippen LogP contribution in [0.3, 0.4) is 0 Å². The van der Waals surface area contributed by atoms with Gasteiger partial charge in [-0.3, -0.25) is 14.7 Å². The molecule has 4 rings (SSSR count). The van der Waals surface area contributed by atoms with Crippen LogP contribution in [0.15, 0.2) is 18.2 Å². The first-order valence-electron chi connectivity index (χ1n) is 10.8. The predicted octanol–water partition coefficient (Wildman–Crippen LogP) is 4.64. The lowest BCUT2D eigenvalue weighted by atomic mass is 9.94. The maximum Gasteiger partial charge on any atom is 0.433 e. The summed E-state index contributed by atoms with van der Waals surface area (Å²) in [5, 5.41) is 11.4. The lowest BCUT2D eigenvalue weighted by Gasteiger charge is -2.15. The molecule has 1 N–H and O–H groups in total. The van der Waals surface area contributed by atoms with E-state index in [4.69, 9.17) is 4.84 Å². The number of pyridine rings is 1. The fourth-order valence-corrected chi connectivity index (χ4v) is 3.91. The van der Waals surface area contributed by atoms with Crippen LogP contribution in [0.2, 0.25) is 0 Å². The summed E-state index contributed by atoms with van der Waals surface area (Å²) in [6.45, 7) is 5.17. The SMILES string of the molecule is CON(C)C(=O)c1nc(-c2cc3c(C(C)C)cc(-c4c(C)n[nH]c4C(F)(F)F)nc3cc2F)nn1C. The first kappa shape index (κ1) is 25.2. The van der Waals surface area contributed by atoms with Crippen molar-refractivity contribution in [2.45, 2.75) is 32.9 Å². The molecule has 0 bridgehead atoms. The zero-order valence-corrected chi connectivity index (χ0v) is 20.3. The summed E-state index contributed by atoms with van der Waals surface area (Å²) in [6, 6.07) is 4.17. The van der Waals surface area contributed by atoms with E-state index >= 15 is 4.39 Å². The molecule has 13 heteroatoms. The van der Waals surface area contributed by atoms with Gasteiger partial charge in [-0.1, -0.05) is 13.8 Å². The average Bonchev–Trinajstić information content (AvgIpc) is 3.39. The van der Waals surface area contributed by atoms with Crippen molar-refractivity contribution < 1.29 is 27.2 Å². The molecule has 0 fully saturated rings. The molecule has 0 aliphatic carbocycles. The van der Waals surface area contributed by atoms with Gasteiger partial charge in [-0.25, -0.2) is 24.1 Å². The van der Waals surface area contributed by atoms with Crippen LogP contribution >= 0.6 is 0 Å². The number of nitrogens with one attached hydrogen (secondary N) is 1. The number of fused-ring (bicyclic) bond motifs is 1. The van der Waals surface area contributed by atoms with Crippen LogP contribution in [0.5, 0.6) is 0 Å². The Morgan fingerprint density at radius 2 is 1.89 bits per heavy atom. The van der Waals surface area contributed by atoms with E-state index < -0.39 is 23.6 Å². The van der Waals surface area contributed by atoms with Crippen molar-refractivity contribution in [3.63, 3.8) is 0 Å². The number of hydrogen-bond donors (Lipinski definition) is 1. The molecular weight excluding hydrogens is 482 g/mol. The second-order valence-corrected chi connectivity index (χ2v) is 8.53. The fourth-order valence-electron chi connectivity index (χ4n) is 3.91. The minimum absolute atomic E-state index is 0.0177. The number of alkyl halides is 3. The fraction of sp³-hybridized carbons (Fsp3) is 0.348. The molecule has 0 radical (unpaired) electrons. The molecule has 9 nitrogen and oxygen atoms in total. The number of aryl methyl sites for hydroxylation is 2. The molecule has 36 heavy (non-hydrogen) atoms. The van der Waals surface area contributed by atoms with Crippen molar-refractivity contribution in [2.24, 2.45) is 7.05 Å². The third-order valence-corrected chi connectivity index (χ3v) is 5.79. The molecule has 0 saturated heterocycles. The van der Waals surface area contributed by atoms with Gasteiger partial charge in [0.2, 0.25) is 5.82 Å². The Bertz CT molecular complexity index is 1470. The van der Waals surface area contributed by atoms with Gasteiger partial charge in [0.05, 0.1) is 35.1 Å². The van der Waals surface area contributed by atoms with Gasteiger partial charge in [0.25, 0.3) is 0 Å². The van der Waals surface area contributed by atoms with Crippen LogP contribution in [-0.2, 0) is 18.1 Å². The molecular formula is C23H23F4N7O2. The highest BCUT2D eigenvalue weighted by Crippen LogP contribution is 2.39. The largest absolute Gasteiger partial charge is 0.433 e. The number of carbonyl (C=O) groups is 1. The zero-order valence-electron chi connectivity index (χ0n) is 20.3. The number of carbonyl (C=O) groups excluding carboxylic acids is 1. The minimum atomic E-state index is -4.67. The Morgan fingerprint density at radius 3 is 2.50 bits per heavy atom. The van der Waals surface area contributed by atoms with Gasteiger partial charge in [0, 0.05) is 25.5 Å². The van der Waals surface area contributed by atoms with Crippen LogP contribution in [0.1, 0.15) is 47.3 Å². The smallest absolute Gasteiger partial charge is 0.274 e. The molecule has 4 aromatic rings. The van der Waals surface area contributed by atoms with E-state index in [0.717, 1.165) is 11.1 Å². The topological polar surface area (TPSA) is 102 Å². The number of rotatable bonds is 5. The Labute approximate surface area is 203 Å². The van der Waals surface area contributed by atoms with Crippen molar-refractivity contribution in [1.29, 1.82) is 0 Å². The van der Waals surface area contributed by atoms with E-state index in [1.54, 1.807) is 6.07 Å². The molecule has 0 unspecified atom stereocenters. The highest BCUT2D eigenvalue weighted by atomic mass is 19.4. The molecule has 1 aromatic carbocycles. The number of halogens is 4. The van der Waals surface area contributed by atoms with E-state index in [1.165, 1.54) is 38.9 Å². The third kappa shape index (κ3) is 4.30. The summed E-state index contributed by atoms with van der Waals surface area (Å²) in [4.78, 5) is 25.9. The molecule has 0 spiro atoms. The summed E-state index contributed by atoms with van der Waals surface area (Å²) in [5.74, 6) is -1.56. The third-order valence-electron chi connectivity index (χ3n) is 5.79. The van der Waals surface area contributed by atoms with Gasteiger partial charge in [0.1, 0.15) is 11.5 Å². The first-order valence-corrected chi connectivity index (χ1v) is 10.8. The Kier molecular flexibility index (Phi) is 6.29. The molecule has 0 saturated carbocycles. The minimum Gasteiger partial charge on any atom is -0.274 e. The Hall–Kier alpha value is -3.87. The van der Waals surface area contributed by atoms with E-state index in [1.807, 2.05) is 18.9 Å². The maximum atomic E-state index is 15.3. The molecule has 0 aliphatic heterocycles. The number of benzene rings is 1.